The summed E-state index contributed by atoms with van der Waals surface area (Å²) in [7, 11) is 0. The van der Waals surface area contributed by atoms with E-state index in [9.17, 15) is 22.0 Å². The van der Waals surface area contributed by atoms with E-state index >= 15 is 0 Å². The molecule has 3 rings (SSSR count). The van der Waals surface area contributed by atoms with Crippen molar-refractivity contribution >= 4 is 5.65 Å². The number of fused-ring (bicyclic) bond motifs is 1. The summed E-state index contributed by atoms with van der Waals surface area (Å²) < 4.78 is 75.6. The molecule has 2 aromatic heterocycles. The lowest BCUT2D eigenvalue weighted by molar-refractivity contribution is -0.274. The van der Waals surface area contributed by atoms with Gasteiger partial charge >= 0.3 is 6.36 Å². The number of halogens is 5. The Morgan fingerprint density at radius 3 is 2.43 bits per heavy atom. The molecule has 0 N–H and O–H groups in total. The maximum absolute atomic E-state index is 14.6. The van der Waals surface area contributed by atoms with E-state index in [-0.39, 0.29) is 5.65 Å². The fourth-order valence-corrected chi connectivity index (χ4v) is 2.52. The van der Waals surface area contributed by atoms with E-state index in [0.29, 0.717) is 11.1 Å². The molecule has 0 atom stereocenters. The fraction of sp³-hybridized carbons (Fsp3) is 0.235. The van der Waals surface area contributed by atoms with Crippen LogP contribution in [0.25, 0.3) is 16.8 Å². The third-order valence-corrected chi connectivity index (χ3v) is 3.66. The van der Waals surface area contributed by atoms with Gasteiger partial charge in [-0.05, 0) is 29.3 Å². The van der Waals surface area contributed by atoms with Gasteiger partial charge in [0.2, 0.25) is 0 Å². The van der Waals surface area contributed by atoms with Crippen LogP contribution in [0.1, 0.15) is 5.56 Å². The summed E-state index contributed by atoms with van der Waals surface area (Å²) >= 11 is 0. The van der Waals surface area contributed by atoms with Gasteiger partial charge in [0, 0.05) is 6.20 Å². The first-order valence-corrected chi connectivity index (χ1v) is 7.72. The van der Waals surface area contributed by atoms with Crippen LogP contribution in [0.3, 0.4) is 0 Å². The Morgan fingerprint density at radius 1 is 1.07 bits per heavy atom. The van der Waals surface area contributed by atoms with Gasteiger partial charge in [0.25, 0.3) is 5.92 Å². The average Bonchev–Trinajstić information content (AvgIpc) is 3.08. The topological polar surface area (TPSA) is 72.4 Å². The Kier molecular flexibility index (Phi) is 5.15. The number of nitrogens with zero attached hydrogens (tertiary/aromatic N) is 4. The number of aromatic nitrogens is 3. The van der Waals surface area contributed by atoms with Crippen LogP contribution in [0.2, 0.25) is 0 Å². The third kappa shape index (κ3) is 4.34. The zero-order chi connectivity index (χ0) is 20.4. The second kappa shape index (κ2) is 7.40. The number of hydrogen-bond acceptors (Lipinski definition) is 5. The molecule has 11 heteroatoms. The van der Waals surface area contributed by atoms with Gasteiger partial charge in [-0.15, -0.1) is 23.4 Å². The number of ether oxygens (including phenoxy) is 2. The summed E-state index contributed by atoms with van der Waals surface area (Å²) in [6.07, 6.45) is -2.15. The molecule has 146 valence electrons. The van der Waals surface area contributed by atoms with Crippen molar-refractivity contribution in [2.75, 3.05) is 13.2 Å². The smallest absolute Gasteiger partial charge is 0.406 e. The minimum atomic E-state index is -4.83. The quantitative estimate of drug-likeness (QED) is 0.465. The van der Waals surface area contributed by atoms with Crippen molar-refractivity contribution in [3.63, 3.8) is 0 Å². The van der Waals surface area contributed by atoms with Crippen molar-refractivity contribution in [3.8, 4) is 22.9 Å². The normalized spacial score (nSPS) is 12.1. The number of pyridine rings is 1. The molecule has 6 nitrogen and oxygen atoms in total. The number of nitriles is 1. The Balaban J connectivity index is 1.98. The number of rotatable bonds is 6. The molecule has 0 aliphatic heterocycles. The zero-order valence-corrected chi connectivity index (χ0v) is 14.0. The lowest BCUT2D eigenvalue weighted by Gasteiger charge is -2.18. The molecule has 2 heterocycles. The molecule has 0 bridgehead atoms. The highest BCUT2D eigenvalue weighted by Crippen LogP contribution is 2.34. The van der Waals surface area contributed by atoms with Gasteiger partial charge in [0.05, 0.1) is 11.6 Å². The molecule has 0 aliphatic rings. The Morgan fingerprint density at radius 2 is 1.79 bits per heavy atom. The minimum absolute atomic E-state index is 0.105. The van der Waals surface area contributed by atoms with Crippen LogP contribution >= 0.6 is 0 Å². The van der Waals surface area contributed by atoms with Gasteiger partial charge in [-0.2, -0.15) is 14.0 Å². The Labute approximate surface area is 154 Å². The second-order valence-electron chi connectivity index (χ2n) is 5.63. The van der Waals surface area contributed by atoms with Crippen molar-refractivity contribution < 1.29 is 31.4 Å². The highest BCUT2D eigenvalue weighted by Gasteiger charge is 2.36. The van der Waals surface area contributed by atoms with Crippen LogP contribution in [0.5, 0.6) is 5.75 Å². The van der Waals surface area contributed by atoms with Gasteiger partial charge in [0.15, 0.2) is 5.65 Å². The van der Waals surface area contributed by atoms with E-state index in [1.54, 1.807) is 6.07 Å². The molecule has 0 aliphatic carbocycles. The lowest BCUT2D eigenvalue weighted by Crippen LogP contribution is -2.22. The summed E-state index contributed by atoms with van der Waals surface area (Å²) in [5.41, 5.74) is 0.0725. The summed E-state index contributed by atoms with van der Waals surface area (Å²) in [4.78, 5) is 0. The van der Waals surface area contributed by atoms with Crippen LogP contribution in [0.15, 0.2) is 42.9 Å². The standard InChI is InChI=1S/C17H11F5N4O2/c18-16(19,9-27-6-5-23)14-7-12(8-26-10-24-25-15(14)26)11-1-3-13(4-2-11)28-17(20,21)22/h1-4,7-8,10H,6,9H2. The zero-order valence-electron chi connectivity index (χ0n) is 14.0. The lowest BCUT2D eigenvalue weighted by atomic mass is 10.0. The van der Waals surface area contributed by atoms with Gasteiger partial charge in [-0.1, -0.05) is 12.1 Å². The average molecular weight is 398 g/mol. The first-order valence-electron chi connectivity index (χ1n) is 7.72. The van der Waals surface area contributed by atoms with E-state index in [0.717, 1.165) is 18.2 Å². The molecule has 0 radical (unpaired) electrons. The summed E-state index contributed by atoms with van der Waals surface area (Å²) in [6.45, 7) is -1.54. The Bertz CT molecular complexity index is 1010. The molecule has 0 saturated heterocycles. The molecular formula is C17H11F5N4O2. The van der Waals surface area contributed by atoms with Gasteiger partial charge in [-0.3, -0.25) is 4.40 Å². The molecule has 0 fully saturated rings. The molecule has 0 unspecified atom stereocenters. The fourth-order valence-electron chi connectivity index (χ4n) is 2.52. The van der Waals surface area contributed by atoms with Crippen molar-refractivity contribution in [3.05, 3.63) is 48.4 Å². The molecule has 0 amide bonds. The first kappa shape index (κ1) is 19.5. The minimum Gasteiger partial charge on any atom is -0.406 e. The van der Waals surface area contributed by atoms with E-state index in [2.05, 4.69) is 19.7 Å². The highest BCUT2D eigenvalue weighted by atomic mass is 19.4. The van der Waals surface area contributed by atoms with Crippen LogP contribution in [-0.2, 0) is 10.7 Å². The molecule has 0 spiro atoms. The predicted octanol–water partition coefficient (Wildman–Crippen LogP) is 3.93. The molecule has 3 aromatic rings. The predicted molar refractivity (Wildman–Crippen MR) is 85.4 cm³/mol. The molecule has 0 saturated carbocycles. The van der Waals surface area contributed by atoms with Crippen LogP contribution in [-0.4, -0.2) is 34.2 Å². The van der Waals surface area contributed by atoms with Gasteiger partial charge in [-0.25, -0.2) is 0 Å². The van der Waals surface area contributed by atoms with Gasteiger partial charge < -0.3 is 9.47 Å². The van der Waals surface area contributed by atoms with Gasteiger partial charge in [0.1, 0.15) is 25.3 Å². The summed E-state index contributed by atoms with van der Waals surface area (Å²) in [5, 5.41) is 15.7. The SMILES string of the molecule is N#CCOCC(F)(F)c1cc(-c2ccc(OC(F)(F)F)cc2)cn2cnnc12. The van der Waals surface area contributed by atoms with Crippen LogP contribution in [0.4, 0.5) is 22.0 Å². The monoisotopic (exact) mass is 398 g/mol. The molecule has 28 heavy (non-hydrogen) atoms. The second-order valence-corrected chi connectivity index (χ2v) is 5.63. The third-order valence-electron chi connectivity index (χ3n) is 3.66. The largest absolute Gasteiger partial charge is 0.573 e. The summed E-state index contributed by atoms with van der Waals surface area (Å²) in [6, 6.07) is 7.52. The number of alkyl halides is 5. The maximum Gasteiger partial charge on any atom is 0.573 e. The number of benzene rings is 1. The van der Waals surface area contributed by atoms with E-state index in [4.69, 9.17) is 5.26 Å². The molecule has 1 aromatic carbocycles. The van der Waals surface area contributed by atoms with E-state index < -0.39 is 36.8 Å². The van der Waals surface area contributed by atoms with Crippen molar-refractivity contribution in [2.24, 2.45) is 0 Å². The van der Waals surface area contributed by atoms with Crippen molar-refractivity contribution in [1.82, 2.24) is 14.6 Å². The highest BCUT2D eigenvalue weighted by molar-refractivity contribution is 5.68. The first-order chi connectivity index (χ1) is 13.2. The Hall–Kier alpha value is -3.26. The van der Waals surface area contributed by atoms with Crippen LogP contribution < -0.4 is 4.74 Å². The summed E-state index contributed by atoms with van der Waals surface area (Å²) in [5.74, 6) is -3.91. The van der Waals surface area contributed by atoms with Crippen molar-refractivity contribution in [2.45, 2.75) is 12.3 Å². The van der Waals surface area contributed by atoms with E-state index in [1.807, 2.05) is 0 Å². The number of hydrogen-bond donors (Lipinski definition) is 0. The van der Waals surface area contributed by atoms with E-state index in [1.165, 1.54) is 29.1 Å². The van der Waals surface area contributed by atoms with Crippen LogP contribution in [0, 0.1) is 11.3 Å². The molecular weight excluding hydrogens is 387 g/mol. The maximum atomic E-state index is 14.6. The van der Waals surface area contributed by atoms with Crippen molar-refractivity contribution in [1.29, 1.82) is 5.26 Å².